The van der Waals surface area contributed by atoms with E-state index in [9.17, 15) is 0 Å². The Balaban J connectivity index is 1.08. The molecule has 0 aliphatic carbocycles. The van der Waals surface area contributed by atoms with E-state index in [1.807, 2.05) is 0 Å². The Morgan fingerprint density at radius 2 is 0.576 bits per heavy atom. The van der Waals surface area contributed by atoms with E-state index in [0.29, 0.717) is 0 Å². The predicted molar refractivity (Wildman–Crippen MR) is 276 cm³/mol. The van der Waals surface area contributed by atoms with Crippen molar-refractivity contribution in [1.29, 1.82) is 0 Å². The minimum absolute atomic E-state index is 0.740. The summed E-state index contributed by atoms with van der Waals surface area (Å²) in [6.45, 7) is 0. The monoisotopic (exact) mass is 844 g/mol. The molecule has 66 heavy (non-hydrogen) atoms. The van der Waals surface area contributed by atoms with Crippen LogP contribution in [0, 0.1) is 0 Å². The first kappa shape index (κ1) is 37.7. The van der Waals surface area contributed by atoms with Crippen LogP contribution in [0.5, 0.6) is 0 Å². The first-order chi connectivity index (χ1) is 32.7. The number of nitrogens with zero attached hydrogens (tertiary/aromatic N) is 2. The zero-order chi connectivity index (χ0) is 43.6. The minimum Gasteiger partial charge on any atom is -0.452 e. The molecule has 2 aromatic heterocycles. The maximum Gasteiger partial charge on any atom is 0.179 e. The largest absolute Gasteiger partial charge is 0.452 e. The number of fused-ring (bicyclic) bond motifs is 9. The molecule has 0 bridgehead atoms. The highest BCUT2D eigenvalue weighted by Gasteiger charge is 2.27. The summed E-state index contributed by atoms with van der Waals surface area (Å²) in [6, 6.07) is 86.1. The highest BCUT2D eigenvalue weighted by atomic mass is 16.4. The molecule has 0 saturated carbocycles. The molecule has 0 aliphatic rings. The van der Waals surface area contributed by atoms with Crippen molar-refractivity contribution in [1.82, 2.24) is 0 Å². The van der Waals surface area contributed by atoms with Crippen molar-refractivity contribution in [2.24, 2.45) is 0 Å². The smallest absolute Gasteiger partial charge is 0.179 e. The fourth-order valence-electron chi connectivity index (χ4n) is 9.99. The molecule has 4 heteroatoms. The van der Waals surface area contributed by atoms with Gasteiger partial charge in [-0.3, -0.25) is 0 Å². The van der Waals surface area contributed by atoms with Crippen LogP contribution in [0.1, 0.15) is 0 Å². The van der Waals surface area contributed by atoms with E-state index in [4.69, 9.17) is 8.83 Å². The first-order valence-electron chi connectivity index (χ1n) is 22.4. The number of anilines is 6. The van der Waals surface area contributed by atoms with Gasteiger partial charge in [0.25, 0.3) is 0 Å². The van der Waals surface area contributed by atoms with Gasteiger partial charge < -0.3 is 18.6 Å². The molecule has 0 radical (unpaired) electrons. The van der Waals surface area contributed by atoms with Gasteiger partial charge in [-0.1, -0.05) is 146 Å². The predicted octanol–water partition coefficient (Wildman–Crippen LogP) is 18.1. The van der Waals surface area contributed by atoms with Crippen LogP contribution in [0.2, 0.25) is 0 Å². The van der Waals surface area contributed by atoms with E-state index >= 15 is 0 Å². The molecular weight excluding hydrogens is 805 g/mol. The van der Waals surface area contributed by atoms with Crippen LogP contribution in [0.15, 0.2) is 251 Å². The van der Waals surface area contributed by atoms with Gasteiger partial charge in [-0.15, -0.1) is 0 Å². The fourth-order valence-corrected chi connectivity index (χ4v) is 9.99. The van der Waals surface area contributed by atoms with E-state index in [2.05, 4.69) is 252 Å². The number of para-hydroxylation sites is 4. The lowest BCUT2D eigenvalue weighted by Gasteiger charge is -2.25. The van der Waals surface area contributed by atoms with Crippen LogP contribution in [-0.4, -0.2) is 0 Å². The molecule has 0 aliphatic heterocycles. The van der Waals surface area contributed by atoms with Crippen LogP contribution in [-0.2, 0) is 0 Å². The SMILES string of the molecule is c1ccc(-c2c(-c3ccccc3)c3c4cc5ccc(N(c6ccccc6)c6ccccc6)cc5cc4oc3c3oc4cc5cc(N(c6ccccc6)c6ccccc6)ccc5cc4c23)cc1. The molecule has 0 N–H and O–H groups in total. The summed E-state index contributed by atoms with van der Waals surface area (Å²) >= 11 is 0. The van der Waals surface area contributed by atoms with Gasteiger partial charge in [-0.05, 0) is 130 Å². The van der Waals surface area contributed by atoms with Gasteiger partial charge in [0.15, 0.2) is 11.2 Å². The number of furan rings is 2. The van der Waals surface area contributed by atoms with Crippen molar-refractivity contribution in [2.45, 2.75) is 0 Å². The summed E-state index contributed by atoms with van der Waals surface area (Å²) in [5.74, 6) is 0. The van der Waals surface area contributed by atoms with Gasteiger partial charge in [-0.2, -0.15) is 0 Å². The summed E-state index contributed by atoms with van der Waals surface area (Å²) in [5, 5.41) is 8.59. The average molecular weight is 845 g/mol. The van der Waals surface area contributed by atoms with Crippen molar-refractivity contribution in [3.63, 3.8) is 0 Å². The molecule has 0 spiro atoms. The Morgan fingerprint density at radius 3 is 0.909 bits per heavy atom. The molecule has 13 aromatic rings. The summed E-state index contributed by atoms with van der Waals surface area (Å²) < 4.78 is 14.3. The minimum atomic E-state index is 0.740. The number of hydrogen-bond acceptors (Lipinski definition) is 4. The van der Waals surface area contributed by atoms with Crippen molar-refractivity contribution in [3.8, 4) is 22.3 Å². The maximum absolute atomic E-state index is 7.16. The third-order valence-electron chi connectivity index (χ3n) is 12.9. The summed E-state index contributed by atoms with van der Waals surface area (Å²) in [5.41, 5.74) is 14.1. The van der Waals surface area contributed by atoms with E-state index in [1.54, 1.807) is 0 Å². The van der Waals surface area contributed by atoms with Gasteiger partial charge in [0, 0.05) is 66.8 Å². The summed E-state index contributed by atoms with van der Waals surface area (Å²) in [6.07, 6.45) is 0. The van der Waals surface area contributed by atoms with Gasteiger partial charge in [-0.25, -0.2) is 0 Å². The number of hydrogen-bond donors (Lipinski definition) is 0. The van der Waals surface area contributed by atoms with Crippen LogP contribution in [0.25, 0.3) is 87.7 Å². The second kappa shape index (κ2) is 15.4. The summed E-state index contributed by atoms with van der Waals surface area (Å²) in [7, 11) is 0. The van der Waals surface area contributed by atoms with Crippen molar-refractivity contribution in [2.75, 3.05) is 9.80 Å². The van der Waals surface area contributed by atoms with Gasteiger partial charge in [0.05, 0.1) is 0 Å². The van der Waals surface area contributed by atoms with Crippen LogP contribution in [0.4, 0.5) is 34.1 Å². The molecule has 0 atom stereocenters. The number of rotatable bonds is 8. The molecule has 13 rings (SSSR count). The highest BCUT2D eigenvalue weighted by molar-refractivity contribution is 6.31. The topological polar surface area (TPSA) is 32.8 Å². The van der Waals surface area contributed by atoms with Gasteiger partial charge in [0.1, 0.15) is 11.2 Å². The third-order valence-corrected chi connectivity index (χ3v) is 12.9. The average Bonchev–Trinajstić information content (AvgIpc) is 3.94. The van der Waals surface area contributed by atoms with E-state index < -0.39 is 0 Å². The van der Waals surface area contributed by atoms with Crippen molar-refractivity contribution >= 4 is 99.5 Å². The summed E-state index contributed by atoms with van der Waals surface area (Å²) in [4.78, 5) is 4.60. The molecule has 11 aromatic carbocycles. The molecule has 0 amide bonds. The maximum atomic E-state index is 7.16. The molecular formula is C62H40N2O2. The zero-order valence-corrected chi connectivity index (χ0v) is 35.8. The molecule has 0 saturated heterocycles. The molecule has 0 fully saturated rings. The lowest BCUT2D eigenvalue weighted by molar-refractivity contribution is 0.634. The first-order valence-corrected chi connectivity index (χ1v) is 22.4. The van der Waals surface area contributed by atoms with E-state index in [-0.39, 0.29) is 0 Å². The van der Waals surface area contributed by atoms with Gasteiger partial charge >= 0.3 is 0 Å². The molecule has 310 valence electrons. The molecule has 0 unspecified atom stereocenters. The normalized spacial score (nSPS) is 11.6. The van der Waals surface area contributed by atoms with Crippen molar-refractivity contribution < 1.29 is 8.83 Å². The van der Waals surface area contributed by atoms with Gasteiger partial charge in [0.2, 0.25) is 0 Å². The van der Waals surface area contributed by atoms with E-state index in [1.165, 1.54) is 0 Å². The fraction of sp³-hybridized carbons (Fsp3) is 0. The lowest BCUT2D eigenvalue weighted by Crippen LogP contribution is -2.09. The Labute approximate surface area is 381 Å². The molecule has 2 heterocycles. The second-order valence-corrected chi connectivity index (χ2v) is 16.9. The Kier molecular flexibility index (Phi) is 8.81. The van der Waals surface area contributed by atoms with E-state index in [0.717, 1.165) is 122 Å². The Bertz CT molecular complexity index is 3570. The quantitative estimate of drug-likeness (QED) is 0.153. The van der Waals surface area contributed by atoms with Crippen molar-refractivity contribution in [3.05, 3.63) is 243 Å². The third kappa shape index (κ3) is 6.22. The van der Waals surface area contributed by atoms with Crippen LogP contribution >= 0.6 is 0 Å². The zero-order valence-electron chi connectivity index (χ0n) is 35.8. The highest BCUT2D eigenvalue weighted by Crippen LogP contribution is 2.52. The van der Waals surface area contributed by atoms with Crippen LogP contribution in [0.3, 0.4) is 0 Å². The second-order valence-electron chi connectivity index (χ2n) is 16.9. The molecule has 4 nitrogen and oxygen atoms in total. The Morgan fingerprint density at radius 1 is 0.258 bits per heavy atom. The number of benzene rings is 11. The standard InChI is InChI=1S/C62H40N2O2/c1-7-19-41(20-8-1)57-58(42-21-9-2-10-22-42)60-54-38-44-32-34-52(64(49-27-15-5-16-28-49)50-29-17-6-18-30-50)36-46(44)40-56(54)66-62(60)61-59(57)53-37-43-31-33-51(35-45(43)39-55(53)65-61)63(47-23-11-3-12-24-47)48-25-13-4-14-26-48/h1-40H. The van der Waals surface area contributed by atoms with Crippen LogP contribution < -0.4 is 9.80 Å². The Hall–Kier alpha value is -8.86. The lowest BCUT2D eigenvalue weighted by atomic mass is 9.87.